The minimum atomic E-state index is -0.566. The lowest BCUT2D eigenvalue weighted by Crippen LogP contribution is -2.21. The second-order valence-electron chi connectivity index (χ2n) is 24.8. The van der Waals surface area contributed by atoms with Crippen LogP contribution in [0.1, 0.15) is 171 Å². The largest absolute Gasteiger partial charge is 0.508 e. The van der Waals surface area contributed by atoms with Crippen molar-refractivity contribution in [3.8, 4) is 57.5 Å². The van der Waals surface area contributed by atoms with Gasteiger partial charge in [0, 0.05) is 34.6 Å². The number of phenols is 4. The first-order valence-corrected chi connectivity index (χ1v) is 32.1. The Morgan fingerprint density at radius 1 is 0.394 bits per heavy atom. The number of aromatic nitrogens is 1. The molecule has 526 valence electrons. The van der Waals surface area contributed by atoms with Gasteiger partial charge in [-0.3, -0.25) is 9.78 Å². The van der Waals surface area contributed by atoms with E-state index in [0.717, 1.165) is 23.1 Å². The van der Waals surface area contributed by atoms with Crippen LogP contribution in [0, 0.1) is 0 Å². The Hall–Kier alpha value is -10.5. The molecule has 8 aromatic carbocycles. The SMILES string of the molecule is C.CC(C)(C)c1cc(O)ccc1O.CC(C)(C)c1cc(OC(=O)c2ccc(O)cc2)ccc1OC(=O)c1ccc(O)cc1.CCN(CC)CC.CCc1ccc(C(=O)Oc2ccc(OC(=O)c3ccc(OC)cc3)c(C(C)(C)C)c2)cc1.COc1ccc(C(=O)Cl)cc1.c1ccncc1. The van der Waals surface area contributed by atoms with Gasteiger partial charge in [-0.15, -0.1) is 0 Å². The quantitative estimate of drug-likeness (QED) is 0.0323. The van der Waals surface area contributed by atoms with E-state index in [0.29, 0.717) is 67.9 Å². The molecule has 0 amide bonds. The Morgan fingerprint density at radius 3 is 1.00 bits per heavy atom. The summed E-state index contributed by atoms with van der Waals surface area (Å²) in [5.41, 5.74) is 4.45. The highest BCUT2D eigenvalue weighted by molar-refractivity contribution is 6.67. The maximum atomic E-state index is 12.6. The van der Waals surface area contributed by atoms with Crippen molar-refractivity contribution in [1.82, 2.24) is 9.88 Å². The van der Waals surface area contributed by atoms with Crippen LogP contribution in [0.15, 0.2) is 207 Å². The zero-order chi connectivity index (χ0) is 72.8. The summed E-state index contributed by atoms with van der Waals surface area (Å²) in [6.45, 7) is 30.0. The molecule has 0 bridgehead atoms. The van der Waals surface area contributed by atoms with E-state index in [1.807, 2.05) is 92.6 Å². The van der Waals surface area contributed by atoms with E-state index >= 15 is 0 Å². The number of aromatic hydroxyl groups is 4. The molecule has 18 heteroatoms. The van der Waals surface area contributed by atoms with E-state index < -0.39 is 34.5 Å². The number of esters is 4. The van der Waals surface area contributed by atoms with Crippen molar-refractivity contribution in [2.24, 2.45) is 0 Å². The molecule has 0 atom stereocenters. The topological polar surface area (TPSA) is 238 Å². The fourth-order valence-corrected chi connectivity index (χ4v) is 8.90. The van der Waals surface area contributed by atoms with Gasteiger partial charge in [-0.25, -0.2) is 19.2 Å². The third kappa shape index (κ3) is 28.2. The Kier molecular flexibility index (Phi) is 33.7. The first-order valence-electron chi connectivity index (χ1n) is 31.8. The van der Waals surface area contributed by atoms with Crippen molar-refractivity contribution < 1.29 is 72.8 Å². The highest BCUT2D eigenvalue weighted by Crippen LogP contribution is 2.38. The summed E-state index contributed by atoms with van der Waals surface area (Å²) >= 11 is 5.22. The minimum absolute atomic E-state index is 0. The molecule has 4 N–H and O–H groups in total. The number of hydrogen-bond donors (Lipinski definition) is 4. The van der Waals surface area contributed by atoms with Gasteiger partial charge in [-0.05, 0) is 235 Å². The number of carbonyl (C=O) groups is 5. The standard InChI is InChI=1S/C27H28O5.C24H22O6.C10H14O2.C8H7ClO2.C6H15N.C5H5N.CH4/c1-6-18-7-9-19(10-8-18)25(28)31-22-15-16-24(23(17-22)27(2,3)4)32-26(29)20-11-13-21(30-5)14-12-20;1-24(2,3)20-14-19(29-22(27)15-4-8-17(25)9-5-15)12-13-21(20)30-23(28)16-6-10-18(26)11-7-16;1-10(2,3)8-6-7(11)4-5-9(8)12;1-11-7-4-2-6(3-5-7)8(9)10;1-4-7(5-2)6-3;1-2-4-6-5-3-1;/h7-17H,6H2,1-5H3;4-14,25-26H,1-3H3;4-6,11-12H,1-3H3;2-5H,1H3;4-6H2,1-3H3;1-5H;1H4. The highest BCUT2D eigenvalue weighted by Gasteiger charge is 2.26. The van der Waals surface area contributed by atoms with Gasteiger partial charge in [-0.2, -0.15) is 0 Å². The van der Waals surface area contributed by atoms with Crippen molar-refractivity contribution in [3.63, 3.8) is 0 Å². The van der Waals surface area contributed by atoms with Gasteiger partial charge in [-0.1, -0.05) is 116 Å². The van der Waals surface area contributed by atoms with Crippen LogP contribution in [0.2, 0.25) is 0 Å². The van der Waals surface area contributed by atoms with Gasteiger partial charge in [0.1, 0.15) is 57.5 Å². The van der Waals surface area contributed by atoms with Crippen LogP contribution in [-0.2, 0) is 22.7 Å². The van der Waals surface area contributed by atoms with Gasteiger partial charge >= 0.3 is 23.9 Å². The summed E-state index contributed by atoms with van der Waals surface area (Å²) < 4.78 is 32.3. The van der Waals surface area contributed by atoms with Crippen molar-refractivity contribution in [1.29, 1.82) is 0 Å². The van der Waals surface area contributed by atoms with Crippen LogP contribution in [0.5, 0.6) is 57.5 Å². The Balaban J connectivity index is 0.000000344. The third-order valence-corrected chi connectivity index (χ3v) is 14.7. The predicted molar refractivity (Wildman–Crippen MR) is 391 cm³/mol. The number of rotatable bonds is 15. The summed E-state index contributed by atoms with van der Waals surface area (Å²) in [6, 6.07) is 52.3. The first-order chi connectivity index (χ1) is 46.3. The molecule has 1 heterocycles. The number of methoxy groups -OCH3 is 2. The maximum Gasteiger partial charge on any atom is 0.343 e. The summed E-state index contributed by atoms with van der Waals surface area (Å²) in [5, 5.41) is 36.9. The van der Waals surface area contributed by atoms with Crippen LogP contribution in [0.3, 0.4) is 0 Å². The smallest absolute Gasteiger partial charge is 0.343 e. The predicted octanol–water partition coefficient (Wildman–Crippen LogP) is 18.4. The van der Waals surface area contributed by atoms with Crippen molar-refractivity contribution in [2.75, 3.05) is 33.9 Å². The molecule has 0 unspecified atom stereocenters. The average molecular weight is 1370 g/mol. The lowest BCUT2D eigenvalue weighted by Gasteiger charge is -2.23. The van der Waals surface area contributed by atoms with Gasteiger partial charge in [0.25, 0.3) is 5.24 Å². The molecule has 0 saturated heterocycles. The summed E-state index contributed by atoms with van der Waals surface area (Å²) in [7, 11) is 3.13. The summed E-state index contributed by atoms with van der Waals surface area (Å²) in [4.78, 5) is 66.8. The van der Waals surface area contributed by atoms with Gasteiger partial charge in [0.05, 0.1) is 36.5 Å². The van der Waals surface area contributed by atoms with Crippen molar-refractivity contribution >= 4 is 40.7 Å². The van der Waals surface area contributed by atoms with Crippen LogP contribution in [0.25, 0.3) is 0 Å². The summed E-state index contributed by atoms with van der Waals surface area (Å²) in [5.74, 6) is 1.36. The molecule has 9 rings (SSSR count). The number of nitrogens with zero attached hydrogens (tertiary/aromatic N) is 2. The minimum Gasteiger partial charge on any atom is -0.508 e. The molecule has 17 nitrogen and oxygen atoms in total. The zero-order valence-corrected chi connectivity index (χ0v) is 59.3. The van der Waals surface area contributed by atoms with Crippen LogP contribution in [0.4, 0.5) is 0 Å². The van der Waals surface area contributed by atoms with E-state index in [4.69, 9.17) is 40.0 Å². The number of hydrogen-bond acceptors (Lipinski definition) is 17. The molecular weight excluding hydrogens is 1280 g/mol. The fraction of sp³-hybridized carbons (Fsp3) is 0.284. The third-order valence-electron chi connectivity index (χ3n) is 14.5. The molecule has 0 spiro atoms. The van der Waals surface area contributed by atoms with E-state index in [-0.39, 0.29) is 41.3 Å². The summed E-state index contributed by atoms with van der Waals surface area (Å²) in [6.07, 6.45) is 4.40. The molecule has 0 aliphatic heterocycles. The second-order valence-corrected chi connectivity index (χ2v) is 25.2. The van der Waals surface area contributed by atoms with Crippen molar-refractivity contribution in [2.45, 2.75) is 120 Å². The van der Waals surface area contributed by atoms with E-state index in [9.17, 15) is 44.4 Å². The fourth-order valence-electron chi connectivity index (χ4n) is 8.77. The molecule has 0 saturated carbocycles. The number of ether oxygens (including phenoxy) is 6. The van der Waals surface area contributed by atoms with Crippen LogP contribution in [-0.4, -0.2) is 93.3 Å². The molecule has 1 aromatic heterocycles. The van der Waals surface area contributed by atoms with E-state index in [1.165, 1.54) is 80.3 Å². The number of halogens is 1. The Morgan fingerprint density at radius 2 is 0.717 bits per heavy atom. The number of benzene rings is 8. The van der Waals surface area contributed by atoms with Gasteiger partial charge in [0.15, 0.2) is 0 Å². The Labute approximate surface area is 588 Å². The molecule has 0 radical (unpaired) electrons. The zero-order valence-electron chi connectivity index (χ0n) is 58.5. The van der Waals surface area contributed by atoms with Gasteiger partial charge in [0.2, 0.25) is 0 Å². The molecule has 99 heavy (non-hydrogen) atoms. The number of aryl methyl sites for hydroxylation is 1. The molecule has 0 fully saturated rings. The lowest BCUT2D eigenvalue weighted by atomic mass is 9.86. The number of carbonyl (C=O) groups excluding carboxylic acids is 5. The number of pyridine rings is 1. The lowest BCUT2D eigenvalue weighted by molar-refractivity contribution is 0.0716. The highest BCUT2D eigenvalue weighted by atomic mass is 35.5. The van der Waals surface area contributed by atoms with Crippen molar-refractivity contribution in [3.05, 3.63) is 257 Å². The van der Waals surface area contributed by atoms with Crippen LogP contribution >= 0.6 is 11.6 Å². The van der Waals surface area contributed by atoms with E-state index in [1.54, 1.807) is 130 Å². The molecule has 9 aromatic rings. The van der Waals surface area contributed by atoms with Crippen LogP contribution < -0.4 is 28.4 Å². The van der Waals surface area contributed by atoms with E-state index in [2.05, 4.69) is 37.6 Å². The monoisotopic (exact) mass is 1370 g/mol. The average Bonchev–Trinajstić information content (AvgIpc) is 0.815. The molecule has 0 aliphatic carbocycles. The number of phenolic OH excluding ortho intramolecular Hbond substituents is 4. The first kappa shape index (κ1) is 82.7. The molecular formula is C81H95ClN2O15. The van der Waals surface area contributed by atoms with Gasteiger partial charge < -0.3 is 53.7 Å². The normalized spacial score (nSPS) is 10.6. The maximum absolute atomic E-state index is 12.6. The molecule has 0 aliphatic rings. The Bertz CT molecular complexity index is 3920. The second kappa shape index (κ2) is 40.3.